The van der Waals surface area contributed by atoms with Crippen LogP contribution in [-0.4, -0.2) is 41.3 Å². The predicted molar refractivity (Wildman–Crippen MR) is 93.8 cm³/mol. The first-order valence-corrected chi connectivity index (χ1v) is 9.01. The van der Waals surface area contributed by atoms with E-state index in [1.165, 1.54) is 11.8 Å². The second-order valence-electron chi connectivity index (χ2n) is 5.32. The molecule has 0 aliphatic carbocycles. The van der Waals surface area contributed by atoms with Gasteiger partial charge in [0.2, 0.25) is 5.91 Å². The average Bonchev–Trinajstić information content (AvgIpc) is 2.45. The Labute approximate surface area is 142 Å². The molecule has 7 heteroatoms. The molecule has 0 saturated heterocycles. The monoisotopic (exact) mass is 344 g/mol. The highest BCUT2D eigenvalue weighted by Gasteiger charge is 2.10. The van der Waals surface area contributed by atoms with Gasteiger partial charge in [0.1, 0.15) is 11.0 Å². The minimum Gasteiger partial charge on any atom is -0.357 e. The molecule has 0 spiro atoms. The summed E-state index contributed by atoms with van der Waals surface area (Å²) in [4.78, 5) is 22.5. The van der Waals surface area contributed by atoms with Gasteiger partial charge in [0.15, 0.2) is 5.16 Å². The van der Waals surface area contributed by atoms with E-state index in [2.05, 4.69) is 47.9 Å². The third-order valence-electron chi connectivity index (χ3n) is 3.12. The minimum absolute atomic E-state index is 0.00128. The van der Waals surface area contributed by atoms with Crippen LogP contribution in [0.15, 0.2) is 11.2 Å². The van der Waals surface area contributed by atoms with Crippen LogP contribution in [0.1, 0.15) is 34.1 Å². The molecule has 0 aliphatic heterocycles. The second kappa shape index (κ2) is 9.90. The molecule has 1 aromatic rings. The van der Waals surface area contributed by atoms with Gasteiger partial charge >= 0.3 is 0 Å². The normalized spacial score (nSPS) is 10.8. The number of thioether (sulfide) groups is 1. The molecule has 0 fully saturated rings. The van der Waals surface area contributed by atoms with Crippen LogP contribution in [0.25, 0.3) is 0 Å². The van der Waals surface area contributed by atoms with Crippen molar-refractivity contribution in [3.63, 3.8) is 0 Å². The van der Waals surface area contributed by atoms with Crippen LogP contribution in [-0.2, 0) is 4.79 Å². The smallest absolute Gasteiger partial charge is 0.230 e. The number of hydrogen-bond donors (Lipinski definition) is 1. The van der Waals surface area contributed by atoms with E-state index < -0.39 is 0 Å². The zero-order valence-electron chi connectivity index (χ0n) is 13.7. The standard InChI is InChI=1S/C15H25ClN4OS/c1-5-20(6-2)13-9-12(16)18-15(19-13)22-10-14(21)17-8-7-11(3)4/h9,11H,5-8,10H2,1-4H3,(H,17,21). The molecule has 1 N–H and O–H groups in total. The van der Waals surface area contributed by atoms with Crippen LogP contribution >= 0.6 is 23.4 Å². The van der Waals surface area contributed by atoms with Crippen LogP contribution in [0, 0.1) is 5.92 Å². The maximum Gasteiger partial charge on any atom is 0.230 e. The van der Waals surface area contributed by atoms with E-state index in [-0.39, 0.29) is 5.91 Å². The molecule has 1 aromatic heterocycles. The predicted octanol–water partition coefficient (Wildman–Crippen LogP) is 3.23. The van der Waals surface area contributed by atoms with E-state index in [0.717, 1.165) is 25.3 Å². The Morgan fingerprint density at radius 3 is 2.64 bits per heavy atom. The van der Waals surface area contributed by atoms with E-state index >= 15 is 0 Å². The number of nitrogens with zero attached hydrogens (tertiary/aromatic N) is 3. The van der Waals surface area contributed by atoms with Gasteiger partial charge in [-0.05, 0) is 26.2 Å². The third kappa shape index (κ3) is 6.83. The molecule has 0 aliphatic rings. The number of hydrogen-bond acceptors (Lipinski definition) is 5. The Bertz CT molecular complexity index is 481. The second-order valence-corrected chi connectivity index (χ2v) is 6.65. The van der Waals surface area contributed by atoms with E-state index in [4.69, 9.17) is 11.6 Å². The first-order chi connectivity index (χ1) is 10.5. The highest BCUT2D eigenvalue weighted by molar-refractivity contribution is 7.99. The minimum atomic E-state index is -0.00128. The van der Waals surface area contributed by atoms with Crippen LogP contribution in [0.5, 0.6) is 0 Å². The third-order valence-corrected chi connectivity index (χ3v) is 4.17. The van der Waals surface area contributed by atoms with Gasteiger partial charge in [-0.25, -0.2) is 9.97 Å². The summed E-state index contributed by atoms with van der Waals surface area (Å²) < 4.78 is 0. The maximum atomic E-state index is 11.8. The van der Waals surface area contributed by atoms with Crippen molar-refractivity contribution in [1.82, 2.24) is 15.3 Å². The fraction of sp³-hybridized carbons (Fsp3) is 0.667. The Morgan fingerprint density at radius 1 is 1.36 bits per heavy atom. The fourth-order valence-electron chi connectivity index (χ4n) is 1.84. The van der Waals surface area contributed by atoms with Gasteiger partial charge in [0.25, 0.3) is 0 Å². The van der Waals surface area contributed by atoms with Crippen molar-refractivity contribution < 1.29 is 4.79 Å². The molecule has 0 unspecified atom stereocenters. The fourth-order valence-corrected chi connectivity index (χ4v) is 2.75. The van der Waals surface area contributed by atoms with Gasteiger partial charge in [-0.15, -0.1) is 0 Å². The molecule has 124 valence electrons. The van der Waals surface area contributed by atoms with Crippen molar-refractivity contribution in [3.05, 3.63) is 11.2 Å². The maximum absolute atomic E-state index is 11.8. The number of halogens is 1. The summed E-state index contributed by atoms with van der Waals surface area (Å²) in [5, 5.41) is 3.84. The van der Waals surface area contributed by atoms with Gasteiger partial charge in [-0.2, -0.15) is 0 Å². The van der Waals surface area contributed by atoms with Crippen molar-refractivity contribution >= 4 is 35.1 Å². The molecule has 5 nitrogen and oxygen atoms in total. The number of aromatic nitrogens is 2. The molecule has 1 heterocycles. The number of carbonyl (C=O) groups excluding carboxylic acids is 1. The number of nitrogens with one attached hydrogen (secondary N) is 1. The summed E-state index contributed by atoms with van der Waals surface area (Å²) in [5.41, 5.74) is 0. The van der Waals surface area contributed by atoms with Crippen molar-refractivity contribution in [2.24, 2.45) is 5.92 Å². The lowest BCUT2D eigenvalue weighted by molar-refractivity contribution is -0.118. The summed E-state index contributed by atoms with van der Waals surface area (Å²) in [6.45, 7) is 10.8. The van der Waals surface area contributed by atoms with Gasteiger partial charge in [-0.1, -0.05) is 37.2 Å². The number of carbonyl (C=O) groups is 1. The molecule has 22 heavy (non-hydrogen) atoms. The number of anilines is 1. The van der Waals surface area contributed by atoms with Crippen molar-refractivity contribution in [3.8, 4) is 0 Å². The molecular weight excluding hydrogens is 320 g/mol. The van der Waals surface area contributed by atoms with Crippen LogP contribution < -0.4 is 10.2 Å². The molecule has 0 radical (unpaired) electrons. The van der Waals surface area contributed by atoms with Crippen molar-refractivity contribution in [2.45, 2.75) is 39.3 Å². The van der Waals surface area contributed by atoms with Crippen molar-refractivity contribution in [2.75, 3.05) is 30.3 Å². The quantitative estimate of drug-likeness (QED) is 0.423. The summed E-state index contributed by atoms with van der Waals surface area (Å²) in [6, 6.07) is 1.75. The Hall–Kier alpha value is -1.01. The van der Waals surface area contributed by atoms with Gasteiger partial charge in [0.05, 0.1) is 5.75 Å². The Kier molecular flexibility index (Phi) is 8.56. The average molecular weight is 345 g/mol. The zero-order chi connectivity index (χ0) is 16.5. The topological polar surface area (TPSA) is 58.1 Å². The van der Waals surface area contributed by atoms with Crippen LogP contribution in [0.3, 0.4) is 0 Å². The first-order valence-electron chi connectivity index (χ1n) is 7.65. The van der Waals surface area contributed by atoms with Gasteiger partial charge in [0, 0.05) is 25.7 Å². The Balaban J connectivity index is 2.56. The van der Waals surface area contributed by atoms with Crippen LogP contribution in [0.4, 0.5) is 5.82 Å². The van der Waals surface area contributed by atoms with Gasteiger partial charge in [-0.3, -0.25) is 4.79 Å². The van der Waals surface area contributed by atoms with E-state index in [9.17, 15) is 4.79 Å². The Morgan fingerprint density at radius 2 is 2.05 bits per heavy atom. The lowest BCUT2D eigenvalue weighted by Crippen LogP contribution is -2.27. The summed E-state index contributed by atoms with van der Waals surface area (Å²) in [6.07, 6.45) is 0.982. The molecule has 0 atom stereocenters. The number of amides is 1. The molecule has 1 rings (SSSR count). The summed E-state index contributed by atoms with van der Waals surface area (Å²) in [7, 11) is 0. The van der Waals surface area contributed by atoms with E-state index in [1.807, 2.05) is 0 Å². The molecule has 1 amide bonds. The highest BCUT2D eigenvalue weighted by atomic mass is 35.5. The largest absolute Gasteiger partial charge is 0.357 e. The molecular formula is C15H25ClN4OS. The van der Waals surface area contributed by atoms with Gasteiger partial charge < -0.3 is 10.2 Å². The lowest BCUT2D eigenvalue weighted by Gasteiger charge is -2.20. The van der Waals surface area contributed by atoms with E-state index in [1.54, 1.807) is 6.07 Å². The molecule has 0 bridgehead atoms. The first kappa shape index (κ1) is 19.0. The lowest BCUT2D eigenvalue weighted by atomic mass is 10.1. The highest BCUT2D eigenvalue weighted by Crippen LogP contribution is 2.21. The summed E-state index contributed by atoms with van der Waals surface area (Å²) in [5.74, 6) is 1.68. The molecule has 0 saturated carbocycles. The molecule has 0 aromatic carbocycles. The van der Waals surface area contributed by atoms with Crippen LogP contribution in [0.2, 0.25) is 5.15 Å². The SMILES string of the molecule is CCN(CC)c1cc(Cl)nc(SCC(=O)NCCC(C)C)n1. The zero-order valence-corrected chi connectivity index (χ0v) is 15.3. The van der Waals surface area contributed by atoms with E-state index in [0.29, 0.717) is 28.5 Å². The summed E-state index contributed by atoms with van der Waals surface area (Å²) >= 11 is 7.36. The number of rotatable bonds is 9. The van der Waals surface area contributed by atoms with Crippen molar-refractivity contribution in [1.29, 1.82) is 0 Å².